The highest BCUT2D eigenvalue weighted by Gasteiger charge is 2.40. The number of hydrogen-bond donors (Lipinski definition) is 2. The van der Waals surface area contributed by atoms with Gasteiger partial charge in [0.1, 0.15) is 0 Å². The van der Waals surface area contributed by atoms with Gasteiger partial charge in [0, 0.05) is 32.0 Å². The molecule has 0 amide bonds. The number of nitrogens with one attached hydrogen (secondary N) is 1. The van der Waals surface area contributed by atoms with Gasteiger partial charge in [0.2, 0.25) is 0 Å². The van der Waals surface area contributed by atoms with Gasteiger partial charge in [-0.25, -0.2) is 0 Å². The van der Waals surface area contributed by atoms with E-state index in [9.17, 15) is 0 Å². The van der Waals surface area contributed by atoms with Crippen molar-refractivity contribution in [2.75, 3.05) is 26.3 Å². The standard InChI is InChI=1S/C6H11NO.C2H4O2/c1-2-8-5-6(1)3-7-4-6;1-2(3)4/h7H,1-5H2;1H3,(H,3,4). The Bertz CT molecular complexity index is 154. The molecule has 2 rings (SSSR count). The van der Waals surface area contributed by atoms with Crippen LogP contribution in [0.5, 0.6) is 0 Å². The molecular formula is C8H15NO3. The maximum atomic E-state index is 9.00. The van der Waals surface area contributed by atoms with Crippen LogP contribution in [0, 0.1) is 5.41 Å². The summed E-state index contributed by atoms with van der Waals surface area (Å²) in [7, 11) is 0. The molecule has 0 unspecified atom stereocenters. The Morgan fingerprint density at radius 1 is 1.58 bits per heavy atom. The van der Waals surface area contributed by atoms with Crippen LogP contribution in [0.2, 0.25) is 0 Å². The highest BCUT2D eigenvalue weighted by molar-refractivity contribution is 5.62. The molecule has 0 aliphatic carbocycles. The zero-order valence-corrected chi connectivity index (χ0v) is 7.30. The first-order valence-electron chi connectivity index (χ1n) is 4.13. The van der Waals surface area contributed by atoms with Gasteiger partial charge in [-0.3, -0.25) is 4.79 Å². The van der Waals surface area contributed by atoms with Crippen molar-refractivity contribution >= 4 is 5.97 Å². The average Bonchev–Trinajstić information content (AvgIpc) is 2.30. The molecule has 0 atom stereocenters. The van der Waals surface area contributed by atoms with Gasteiger partial charge in [-0.15, -0.1) is 0 Å². The third kappa shape index (κ3) is 2.46. The quantitative estimate of drug-likeness (QED) is 0.545. The number of carbonyl (C=O) groups is 1. The Hall–Kier alpha value is -0.610. The lowest BCUT2D eigenvalue weighted by molar-refractivity contribution is -0.134. The molecular weight excluding hydrogens is 158 g/mol. The van der Waals surface area contributed by atoms with Gasteiger partial charge in [0.05, 0.1) is 6.61 Å². The minimum Gasteiger partial charge on any atom is -0.481 e. The molecule has 70 valence electrons. The largest absolute Gasteiger partial charge is 0.481 e. The van der Waals surface area contributed by atoms with Crippen molar-refractivity contribution in [3.8, 4) is 0 Å². The van der Waals surface area contributed by atoms with Crippen LogP contribution in [0.3, 0.4) is 0 Å². The summed E-state index contributed by atoms with van der Waals surface area (Å²) in [6.45, 7) is 5.45. The van der Waals surface area contributed by atoms with Gasteiger partial charge in [0.15, 0.2) is 0 Å². The third-order valence-electron chi connectivity index (χ3n) is 2.18. The van der Waals surface area contributed by atoms with E-state index in [1.54, 1.807) is 0 Å². The molecule has 2 N–H and O–H groups in total. The van der Waals surface area contributed by atoms with Crippen LogP contribution in [-0.4, -0.2) is 37.4 Å². The molecule has 0 aromatic carbocycles. The fraction of sp³-hybridized carbons (Fsp3) is 0.875. The van der Waals surface area contributed by atoms with Crippen LogP contribution in [-0.2, 0) is 9.53 Å². The van der Waals surface area contributed by atoms with Crippen molar-refractivity contribution in [3.63, 3.8) is 0 Å². The van der Waals surface area contributed by atoms with Gasteiger partial charge in [-0.2, -0.15) is 0 Å². The van der Waals surface area contributed by atoms with Gasteiger partial charge in [-0.1, -0.05) is 0 Å². The molecule has 0 aromatic heterocycles. The summed E-state index contributed by atoms with van der Waals surface area (Å²) in [4.78, 5) is 9.00. The number of carboxylic acids is 1. The average molecular weight is 173 g/mol. The molecule has 0 bridgehead atoms. The molecule has 0 saturated carbocycles. The summed E-state index contributed by atoms with van der Waals surface area (Å²) in [5.41, 5.74) is 0.583. The van der Waals surface area contributed by atoms with Crippen LogP contribution < -0.4 is 5.32 Å². The zero-order valence-electron chi connectivity index (χ0n) is 7.30. The Labute approximate surface area is 71.9 Å². The second kappa shape index (κ2) is 3.87. The molecule has 2 heterocycles. The van der Waals surface area contributed by atoms with Crippen molar-refractivity contribution < 1.29 is 14.6 Å². The lowest BCUT2D eigenvalue weighted by Gasteiger charge is -2.37. The molecule has 2 aliphatic heterocycles. The minimum absolute atomic E-state index is 0.583. The highest BCUT2D eigenvalue weighted by atomic mass is 16.5. The third-order valence-corrected chi connectivity index (χ3v) is 2.18. The van der Waals surface area contributed by atoms with Crippen LogP contribution in [0.4, 0.5) is 0 Å². The molecule has 2 aliphatic rings. The zero-order chi connectivity index (χ0) is 9.03. The van der Waals surface area contributed by atoms with Crippen molar-refractivity contribution in [2.45, 2.75) is 13.3 Å². The maximum absolute atomic E-state index is 9.00. The highest BCUT2D eigenvalue weighted by Crippen LogP contribution is 2.31. The van der Waals surface area contributed by atoms with E-state index in [1.165, 1.54) is 19.5 Å². The van der Waals surface area contributed by atoms with Gasteiger partial charge in [0.25, 0.3) is 5.97 Å². The second-order valence-electron chi connectivity index (χ2n) is 3.43. The van der Waals surface area contributed by atoms with Crippen LogP contribution in [0.1, 0.15) is 13.3 Å². The van der Waals surface area contributed by atoms with Crippen molar-refractivity contribution in [1.82, 2.24) is 5.32 Å². The van der Waals surface area contributed by atoms with E-state index in [-0.39, 0.29) is 0 Å². The molecule has 2 saturated heterocycles. The smallest absolute Gasteiger partial charge is 0.300 e. The monoisotopic (exact) mass is 173 g/mol. The number of rotatable bonds is 0. The number of carboxylic acid groups (broad SMARTS) is 1. The maximum Gasteiger partial charge on any atom is 0.300 e. The Morgan fingerprint density at radius 3 is 2.33 bits per heavy atom. The first-order chi connectivity index (χ1) is 5.65. The van der Waals surface area contributed by atoms with E-state index in [0.717, 1.165) is 20.1 Å². The predicted molar refractivity (Wildman–Crippen MR) is 44.0 cm³/mol. The molecule has 12 heavy (non-hydrogen) atoms. The SMILES string of the molecule is C1CC2(CNC2)CO1.CC(=O)O. The molecule has 4 heteroatoms. The summed E-state index contributed by atoms with van der Waals surface area (Å²) < 4.78 is 5.26. The predicted octanol–water partition coefficient (Wildman–Crippen LogP) is 0.0872. The van der Waals surface area contributed by atoms with Gasteiger partial charge in [-0.05, 0) is 6.42 Å². The minimum atomic E-state index is -0.833. The van der Waals surface area contributed by atoms with E-state index in [1.807, 2.05) is 0 Å². The Morgan fingerprint density at radius 2 is 2.17 bits per heavy atom. The topological polar surface area (TPSA) is 58.6 Å². The second-order valence-corrected chi connectivity index (χ2v) is 3.43. The summed E-state index contributed by atoms with van der Waals surface area (Å²) in [6.07, 6.45) is 1.28. The van der Waals surface area contributed by atoms with Crippen LogP contribution >= 0.6 is 0 Å². The fourth-order valence-electron chi connectivity index (χ4n) is 1.41. The molecule has 4 nitrogen and oxygen atoms in total. The van der Waals surface area contributed by atoms with Crippen LogP contribution in [0.15, 0.2) is 0 Å². The van der Waals surface area contributed by atoms with E-state index in [2.05, 4.69) is 5.32 Å². The first-order valence-corrected chi connectivity index (χ1v) is 4.13. The Balaban J connectivity index is 0.000000157. The van der Waals surface area contributed by atoms with E-state index < -0.39 is 5.97 Å². The van der Waals surface area contributed by atoms with E-state index in [4.69, 9.17) is 14.6 Å². The molecule has 0 radical (unpaired) electrons. The van der Waals surface area contributed by atoms with Crippen LogP contribution in [0.25, 0.3) is 0 Å². The number of ether oxygens (including phenoxy) is 1. The summed E-state index contributed by atoms with van der Waals surface area (Å²) in [5, 5.41) is 10.7. The van der Waals surface area contributed by atoms with Crippen molar-refractivity contribution in [3.05, 3.63) is 0 Å². The normalized spacial score (nSPS) is 24.1. The fourth-order valence-corrected chi connectivity index (χ4v) is 1.41. The van der Waals surface area contributed by atoms with E-state index in [0.29, 0.717) is 5.41 Å². The first kappa shape index (κ1) is 9.48. The number of hydrogen-bond acceptors (Lipinski definition) is 3. The van der Waals surface area contributed by atoms with Crippen molar-refractivity contribution in [1.29, 1.82) is 0 Å². The lowest BCUT2D eigenvalue weighted by Crippen LogP contribution is -2.53. The van der Waals surface area contributed by atoms with E-state index >= 15 is 0 Å². The number of aliphatic carboxylic acids is 1. The van der Waals surface area contributed by atoms with Gasteiger partial charge < -0.3 is 15.2 Å². The van der Waals surface area contributed by atoms with Gasteiger partial charge >= 0.3 is 0 Å². The van der Waals surface area contributed by atoms with Crippen molar-refractivity contribution in [2.24, 2.45) is 5.41 Å². The summed E-state index contributed by atoms with van der Waals surface area (Å²) >= 11 is 0. The molecule has 1 spiro atoms. The lowest BCUT2D eigenvalue weighted by atomic mass is 9.81. The summed E-state index contributed by atoms with van der Waals surface area (Å²) in [6, 6.07) is 0. The molecule has 2 fully saturated rings. The Kier molecular flexibility index (Phi) is 3.05. The molecule has 0 aromatic rings. The summed E-state index contributed by atoms with van der Waals surface area (Å²) in [5.74, 6) is -0.833.